The molecule has 0 aliphatic carbocycles. The number of nitrogens with one attached hydrogen (secondary N) is 1. The predicted octanol–water partition coefficient (Wildman–Crippen LogP) is 4.41. The summed E-state index contributed by atoms with van der Waals surface area (Å²) >= 11 is 0. The van der Waals surface area contributed by atoms with Gasteiger partial charge in [0.1, 0.15) is 5.75 Å². The summed E-state index contributed by atoms with van der Waals surface area (Å²) in [6.07, 6.45) is 3.73. The highest BCUT2D eigenvalue weighted by Gasteiger charge is 1.94. The summed E-state index contributed by atoms with van der Waals surface area (Å²) < 4.78 is 5.07. The van der Waals surface area contributed by atoms with Gasteiger partial charge in [0.05, 0.1) is 12.6 Å². The van der Waals surface area contributed by atoms with Crippen LogP contribution in [0, 0.1) is 0 Å². The van der Waals surface area contributed by atoms with Crippen LogP contribution < -0.4 is 4.74 Å². The van der Waals surface area contributed by atoms with Crippen LogP contribution in [-0.4, -0.2) is 17.1 Å². The van der Waals surface area contributed by atoms with E-state index in [1.165, 1.54) is 10.8 Å². The molecule has 0 unspecified atom stereocenters. The molecule has 4 rings (SSSR count). The molecule has 0 bridgehead atoms. The molecule has 0 aliphatic rings. The van der Waals surface area contributed by atoms with Crippen LogP contribution in [0.4, 0.5) is 0 Å². The van der Waals surface area contributed by atoms with E-state index in [-0.39, 0.29) is 0 Å². The Bertz CT molecular complexity index is 786. The van der Waals surface area contributed by atoms with Crippen LogP contribution >= 0.6 is 0 Å². The highest BCUT2D eigenvalue weighted by Crippen LogP contribution is 2.18. The smallest absolute Gasteiger partial charge is 0.120 e. The first-order valence-electron chi connectivity index (χ1n) is 6.78. The molecule has 4 aromatic rings. The van der Waals surface area contributed by atoms with Gasteiger partial charge in [-0.1, -0.05) is 24.3 Å². The molecule has 21 heavy (non-hydrogen) atoms. The summed E-state index contributed by atoms with van der Waals surface area (Å²) in [4.78, 5) is 7.30. The lowest BCUT2D eigenvalue weighted by Gasteiger charge is -1.97. The third kappa shape index (κ3) is 3.03. The minimum absolute atomic E-state index is 0.889. The highest BCUT2D eigenvalue weighted by molar-refractivity contribution is 5.80. The van der Waals surface area contributed by atoms with Gasteiger partial charge < -0.3 is 9.72 Å². The lowest BCUT2D eigenvalue weighted by atomic mass is 10.2. The summed E-state index contributed by atoms with van der Waals surface area (Å²) in [5.74, 6) is 0.889. The van der Waals surface area contributed by atoms with Gasteiger partial charge in [0.25, 0.3) is 0 Å². The number of para-hydroxylation sites is 1. The van der Waals surface area contributed by atoms with Crippen molar-refractivity contribution in [2.45, 2.75) is 0 Å². The van der Waals surface area contributed by atoms with Crippen LogP contribution in [-0.2, 0) is 0 Å². The molecule has 0 amide bonds. The Kier molecular flexibility index (Phi) is 3.83. The van der Waals surface area contributed by atoms with Crippen molar-refractivity contribution < 1.29 is 4.74 Å². The Morgan fingerprint density at radius 1 is 0.905 bits per heavy atom. The normalized spacial score (nSPS) is 10.1. The lowest BCUT2D eigenvalue weighted by molar-refractivity contribution is 0.415. The zero-order chi connectivity index (χ0) is 14.5. The van der Waals surface area contributed by atoms with Crippen LogP contribution in [0.5, 0.6) is 5.75 Å². The van der Waals surface area contributed by atoms with Crippen LogP contribution in [0.1, 0.15) is 0 Å². The molecule has 2 aromatic heterocycles. The number of hydrogen-bond donors (Lipinski definition) is 1. The molecule has 2 heterocycles. The second-order valence-electron chi connectivity index (χ2n) is 4.63. The maximum atomic E-state index is 5.07. The van der Waals surface area contributed by atoms with Crippen LogP contribution in [0.3, 0.4) is 0 Å². The van der Waals surface area contributed by atoms with Gasteiger partial charge in [0, 0.05) is 29.4 Å². The maximum absolute atomic E-state index is 5.07. The van der Waals surface area contributed by atoms with Crippen molar-refractivity contribution in [3.63, 3.8) is 0 Å². The number of aromatic nitrogens is 2. The maximum Gasteiger partial charge on any atom is 0.120 e. The monoisotopic (exact) mass is 276 g/mol. The number of ether oxygens (including phenoxy) is 1. The van der Waals surface area contributed by atoms with Crippen molar-refractivity contribution in [1.29, 1.82) is 0 Å². The van der Waals surface area contributed by atoms with Crippen LogP contribution in [0.2, 0.25) is 0 Å². The average molecular weight is 276 g/mol. The molecule has 0 aliphatic heterocycles. The largest absolute Gasteiger partial charge is 0.497 e. The first-order chi connectivity index (χ1) is 10.4. The number of fused-ring (bicyclic) bond motifs is 2. The minimum atomic E-state index is 0.889. The Hall–Kier alpha value is -2.81. The van der Waals surface area contributed by atoms with Crippen molar-refractivity contribution in [1.82, 2.24) is 9.97 Å². The summed E-state index contributed by atoms with van der Waals surface area (Å²) in [5, 5.41) is 2.41. The van der Waals surface area contributed by atoms with Crippen LogP contribution in [0.25, 0.3) is 21.8 Å². The third-order valence-electron chi connectivity index (χ3n) is 3.27. The van der Waals surface area contributed by atoms with Gasteiger partial charge in [0.15, 0.2) is 0 Å². The van der Waals surface area contributed by atoms with Gasteiger partial charge in [-0.15, -0.1) is 0 Å². The standard InChI is InChI=1S/C9H9NO.C9H7N/c1-11-8-3-2-7-4-5-10-9(7)6-8;1-2-6-9-8(4-1)5-3-7-10-9/h2-6,10H,1H3;1-7H. The molecule has 0 fully saturated rings. The summed E-state index contributed by atoms with van der Waals surface area (Å²) in [6, 6.07) is 20.1. The number of hydrogen-bond acceptors (Lipinski definition) is 2. The molecule has 3 nitrogen and oxygen atoms in total. The van der Waals surface area contributed by atoms with E-state index in [4.69, 9.17) is 4.74 Å². The number of nitrogens with zero attached hydrogens (tertiary/aromatic N) is 1. The van der Waals surface area contributed by atoms with Crippen molar-refractivity contribution in [2.75, 3.05) is 7.11 Å². The molecule has 0 atom stereocenters. The molecule has 0 spiro atoms. The van der Waals surface area contributed by atoms with Gasteiger partial charge in [-0.05, 0) is 35.7 Å². The molecule has 0 saturated carbocycles. The number of rotatable bonds is 1. The van der Waals surface area contributed by atoms with Crippen molar-refractivity contribution in [2.24, 2.45) is 0 Å². The van der Waals surface area contributed by atoms with E-state index < -0.39 is 0 Å². The number of benzene rings is 2. The molecule has 104 valence electrons. The van der Waals surface area contributed by atoms with Gasteiger partial charge in [-0.2, -0.15) is 0 Å². The lowest BCUT2D eigenvalue weighted by Crippen LogP contribution is -1.80. The number of aromatic amines is 1. The molecule has 2 aromatic carbocycles. The Morgan fingerprint density at radius 3 is 2.62 bits per heavy atom. The molecule has 1 N–H and O–H groups in total. The fourth-order valence-corrected chi connectivity index (χ4v) is 2.17. The van der Waals surface area contributed by atoms with Crippen molar-refractivity contribution >= 4 is 21.8 Å². The second-order valence-corrected chi connectivity index (χ2v) is 4.63. The van der Waals surface area contributed by atoms with Gasteiger partial charge in [-0.25, -0.2) is 0 Å². The molecule has 0 saturated heterocycles. The first-order valence-corrected chi connectivity index (χ1v) is 6.78. The second kappa shape index (κ2) is 6.09. The zero-order valence-electron chi connectivity index (χ0n) is 11.8. The average Bonchev–Trinajstić information content (AvgIpc) is 3.03. The molecular formula is C18H16N2O. The fraction of sp³-hybridized carbons (Fsp3) is 0.0556. The summed E-state index contributed by atoms with van der Waals surface area (Å²) in [5.41, 5.74) is 2.18. The quantitative estimate of drug-likeness (QED) is 0.559. The zero-order valence-corrected chi connectivity index (χ0v) is 11.8. The topological polar surface area (TPSA) is 37.9 Å². The highest BCUT2D eigenvalue weighted by atomic mass is 16.5. The van der Waals surface area contributed by atoms with Crippen molar-refractivity contribution in [3.8, 4) is 5.75 Å². The van der Waals surface area contributed by atoms with E-state index in [1.54, 1.807) is 7.11 Å². The van der Waals surface area contributed by atoms with Gasteiger partial charge in [-0.3, -0.25) is 4.98 Å². The summed E-state index contributed by atoms with van der Waals surface area (Å²) in [7, 11) is 1.67. The summed E-state index contributed by atoms with van der Waals surface area (Å²) in [6.45, 7) is 0. The first kappa shape index (κ1) is 13.2. The van der Waals surface area contributed by atoms with E-state index in [1.807, 2.05) is 60.9 Å². The van der Waals surface area contributed by atoms with E-state index >= 15 is 0 Å². The van der Waals surface area contributed by atoms with E-state index in [9.17, 15) is 0 Å². The number of methoxy groups -OCH3 is 1. The molecule has 0 radical (unpaired) electrons. The van der Waals surface area contributed by atoms with Crippen molar-refractivity contribution in [3.05, 3.63) is 73.1 Å². The van der Waals surface area contributed by atoms with E-state index in [0.29, 0.717) is 0 Å². The Labute approximate surface area is 123 Å². The number of H-pyrrole nitrogens is 1. The van der Waals surface area contributed by atoms with E-state index in [2.05, 4.69) is 22.1 Å². The predicted molar refractivity (Wildman–Crippen MR) is 86.6 cm³/mol. The van der Waals surface area contributed by atoms with Gasteiger partial charge >= 0.3 is 0 Å². The minimum Gasteiger partial charge on any atom is -0.497 e. The Morgan fingerprint density at radius 2 is 1.76 bits per heavy atom. The molecule has 3 heteroatoms. The van der Waals surface area contributed by atoms with Crippen LogP contribution in [0.15, 0.2) is 73.1 Å². The molecular weight excluding hydrogens is 260 g/mol. The fourth-order valence-electron chi connectivity index (χ4n) is 2.17. The van der Waals surface area contributed by atoms with E-state index in [0.717, 1.165) is 16.8 Å². The van der Waals surface area contributed by atoms with Gasteiger partial charge in [0.2, 0.25) is 0 Å². The SMILES string of the molecule is COc1ccc2cc[nH]c2c1.c1ccc2ncccc2c1. The Balaban J connectivity index is 0.000000126. The number of pyridine rings is 1. The third-order valence-corrected chi connectivity index (χ3v) is 3.27.